The number of ether oxygens (including phenoxy) is 2. The average Bonchev–Trinajstić information content (AvgIpc) is 3.45. The maximum absolute atomic E-state index is 14.2. The zero-order valence-corrected chi connectivity index (χ0v) is 25.5. The molecule has 1 saturated heterocycles. The van der Waals surface area contributed by atoms with Crippen molar-refractivity contribution in [2.45, 2.75) is 85.0 Å². The molecule has 1 aliphatic carbocycles. The van der Waals surface area contributed by atoms with E-state index in [0.717, 1.165) is 10.8 Å². The van der Waals surface area contributed by atoms with Crippen molar-refractivity contribution in [3.63, 3.8) is 0 Å². The van der Waals surface area contributed by atoms with E-state index in [2.05, 4.69) is 6.58 Å². The molecule has 2 fully saturated rings. The number of carbonyl (C=O) groups excluding carboxylic acids is 3. The van der Waals surface area contributed by atoms with Crippen LogP contribution in [-0.4, -0.2) is 57.9 Å². The SMILES string of the molecule is C=C[C@@H]1C[C@]1(CC(=O)[C@@H]1C[C@@H](Oc2cccc3ccccc23)CN1C(=O)[C@@H](CC(=O)OC(C)(C)C)C(C)(C)C)C(=O)O. The minimum Gasteiger partial charge on any atom is -0.488 e. The second kappa shape index (κ2) is 11.5. The van der Waals surface area contributed by atoms with Crippen LogP contribution >= 0.6 is 0 Å². The fourth-order valence-electron chi connectivity index (χ4n) is 6.02. The monoisotopic (exact) mass is 577 g/mol. The number of hydrogen-bond donors (Lipinski definition) is 1. The Kier molecular flexibility index (Phi) is 8.59. The summed E-state index contributed by atoms with van der Waals surface area (Å²) in [4.78, 5) is 54.6. The summed E-state index contributed by atoms with van der Waals surface area (Å²) < 4.78 is 12.0. The van der Waals surface area contributed by atoms with Crippen molar-refractivity contribution in [2.75, 3.05) is 6.54 Å². The van der Waals surface area contributed by atoms with Crippen LogP contribution in [0.1, 0.15) is 67.2 Å². The number of nitrogens with zero attached hydrogens (tertiary/aromatic N) is 1. The first-order valence-electron chi connectivity index (χ1n) is 14.6. The fourth-order valence-corrected chi connectivity index (χ4v) is 6.02. The van der Waals surface area contributed by atoms with Crippen LogP contribution in [0.2, 0.25) is 0 Å². The number of hydrogen-bond acceptors (Lipinski definition) is 6. The third-order valence-electron chi connectivity index (χ3n) is 8.43. The maximum Gasteiger partial charge on any atom is 0.310 e. The van der Waals surface area contributed by atoms with Gasteiger partial charge in [-0.25, -0.2) is 0 Å². The van der Waals surface area contributed by atoms with Crippen molar-refractivity contribution in [2.24, 2.45) is 22.7 Å². The zero-order valence-electron chi connectivity index (χ0n) is 25.5. The summed E-state index contributed by atoms with van der Waals surface area (Å²) in [7, 11) is 0. The largest absolute Gasteiger partial charge is 0.488 e. The van der Waals surface area contributed by atoms with Gasteiger partial charge < -0.3 is 19.5 Å². The Morgan fingerprint density at radius 3 is 2.33 bits per heavy atom. The number of carboxylic acids is 1. The Morgan fingerprint density at radius 1 is 1.07 bits per heavy atom. The van der Waals surface area contributed by atoms with Crippen molar-refractivity contribution >= 4 is 34.4 Å². The van der Waals surface area contributed by atoms with E-state index >= 15 is 0 Å². The molecule has 0 aromatic heterocycles. The standard InChI is InChI=1S/C34H43NO7/c1-8-22-18-34(22,31(39)40)19-27(36)26-16-23(41-28-15-11-13-21-12-9-10-14-24(21)28)20-35(26)30(38)25(32(2,3)4)17-29(37)42-33(5,6)7/h8-15,22-23,25-26H,1,16-20H2,2-7H3,(H,39,40)/t22-,23-,25-,26+,34-/m1/s1. The van der Waals surface area contributed by atoms with E-state index in [0.29, 0.717) is 12.2 Å². The molecule has 1 N–H and O–H groups in total. The summed E-state index contributed by atoms with van der Waals surface area (Å²) in [6, 6.07) is 12.7. The molecular weight excluding hydrogens is 534 g/mol. The van der Waals surface area contributed by atoms with Gasteiger partial charge in [-0.05, 0) is 50.0 Å². The smallest absolute Gasteiger partial charge is 0.310 e. The lowest BCUT2D eigenvalue weighted by molar-refractivity contribution is -0.161. The van der Waals surface area contributed by atoms with Crippen LogP contribution in [0.4, 0.5) is 0 Å². The number of allylic oxidation sites excluding steroid dienone is 1. The molecule has 2 aromatic rings. The summed E-state index contributed by atoms with van der Waals surface area (Å²) in [5, 5.41) is 11.9. The highest BCUT2D eigenvalue weighted by molar-refractivity contribution is 5.95. The van der Waals surface area contributed by atoms with Gasteiger partial charge in [-0.3, -0.25) is 19.2 Å². The van der Waals surface area contributed by atoms with Crippen LogP contribution in [0, 0.1) is 22.7 Å². The number of likely N-dealkylation sites (tertiary alicyclic amines) is 1. The number of aliphatic carboxylic acids is 1. The van der Waals surface area contributed by atoms with Crippen LogP contribution in [-0.2, 0) is 23.9 Å². The van der Waals surface area contributed by atoms with Crippen molar-refractivity contribution in [3.8, 4) is 5.75 Å². The molecule has 1 aliphatic heterocycles. The Bertz CT molecular complexity index is 1380. The maximum atomic E-state index is 14.2. The number of carboxylic acid groups (broad SMARTS) is 1. The highest BCUT2D eigenvalue weighted by atomic mass is 16.6. The first-order chi connectivity index (χ1) is 19.6. The van der Waals surface area contributed by atoms with Crippen molar-refractivity contribution in [3.05, 3.63) is 55.1 Å². The van der Waals surface area contributed by atoms with Gasteiger partial charge in [0.05, 0.1) is 30.3 Å². The molecule has 1 heterocycles. The molecule has 2 aliphatic rings. The predicted octanol–water partition coefficient (Wildman–Crippen LogP) is 5.82. The van der Waals surface area contributed by atoms with Crippen molar-refractivity contribution in [1.82, 2.24) is 4.90 Å². The molecule has 1 saturated carbocycles. The zero-order chi connectivity index (χ0) is 31.0. The topological polar surface area (TPSA) is 110 Å². The van der Waals surface area contributed by atoms with Gasteiger partial charge in [0.15, 0.2) is 5.78 Å². The van der Waals surface area contributed by atoms with Gasteiger partial charge in [-0.2, -0.15) is 0 Å². The minimum atomic E-state index is -1.19. The second-order valence-electron chi connectivity index (χ2n) is 13.8. The third-order valence-corrected chi connectivity index (χ3v) is 8.43. The van der Waals surface area contributed by atoms with Gasteiger partial charge in [0.1, 0.15) is 17.5 Å². The number of Topliss-reactive ketones (excluding diaryl/α,β-unsaturated/α-hetero) is 1. The third kappa shape index (κ3) is 6.69. The summed E-state index contributed by atoms with van der Waals surface area (Å²) in [6.07, 6.45) is 1.33. The van der Waals surface area contributed by atoms with Gasteiger partial charge in [0.2, 0.25) is 5.91 Å². The molecule has 226 valence electrons. The molecule has 0 radical (unpaired) electrons. The van der Waals surface area contributed by atoms with Gasteiger partial charge in [-0.15, -0.1) is 6.58 Å². The predicted molar refractivity (Wildman–Crippen MR) is 160 cm³/mol. The van der Waals surface area contributed by atoms with Crippen molar-refractivity contribution < 1.29 is 33.8 Å². The Labute approximate surface area is 248 Å². The Morgan fingerprint density at radius 2 is 1.74 bits per heavy atom. The van der Waals surface area contributed by atoms with Crippen LogP contribution in [0.15, 0.2) is 55.1 Å². The lowest BCUT2D eigenvalue weighted by atomic mass is 9.77. The number of amides is 1. The summed E-state index contributed by atoms with van der Waals surface area (Å²) >= 11 is 0. The Balaban J connectivity index is 1.64. The molecule has 0 bridgehead atoms. The highest BCUT2D eigenvalue weighted by Crippen LogP contribution is 2.56. The van der Waals surface area contributed by atoms with E-state index in [1.165, 1.54) is 4.90 Å². The van der Waals surface area contributed by atoms with Gasteiger partial charge in [0, 0.05) is 18.2 Å². The highest BCUT2D eigenvalue weighted by Gasteiger charge is 2.61. The van der Waals surface area contributed by atoms with E-state index < -0.39 is 46.4 Å². The normalized spacial score (nSPS) is 24.6. The van der Waals surface area contributed by atoms with Crippen LogP contribution in [0.5, 0.6) is 5.75 Å². The quantitative estimate of drug-likeness (QED) is 0.280. The lowest BCUT2D eigenvalue weighted by Gasteiger charge is -2.35. The van der Waals surface area contributed by atoms with E-state index in [9.17, 15) is 24.3 Å². The van der Waals surface area contributed by atoms with E-state index in [1.807, 2.05) is 63.2 Å². The average molecular weight is 578 g/mol. The Hall–Kier alpha value is -3.68. The van der Waals surface area contributed by atoms with Gasteiger partial charge in [-0.1, -0.05) is 63.2 Å². The molecule has 42 heavy (non-hydrogen) atoms. The molecular formula is C34H43NO7. The summed E-state index contributed by atoms with van der Waals surface area (Å²) in [5.41, 5.74) is -2.51. The molecule has 5 atom stereocenters. The molecule has 0 unspecified atom stereocenters. The molecule has 0 spiro atoms. The lowest BCUT2D eigenvalue weighted by Crippen LogP contribution is -2.48. The van der Waals surface area contributed by atoms with Crippen LogP contribution in [0.3, 0.4) is 0 Å². The summed E-state index contributed by atoms with van der Waals surface area (Å²) in [5.74, 6) is -2.57. The molecule has 8 nitrogen and oxygen atoms in total. The number of esters is 1. The fraction of sp³-hybridized carbons (Fsp3) is 0.529. The van der Waals surface area contributed by atoms with E-state index in [-0.39, 0.29) is 43.4 Å². The first-order valence-corrected chi connectivity index (χ1v) is 14.6. The van der Waals surface area contributed by atoms with Crippen molar-refractivity contribution in [1.29, 1.82) is 0 Å². The molecule has 8 heteroatoms. The van der Waals surface area contributed by atoms with Gasteiger partial charge in [0.25, 0.3) is 0 Å². The number of benzene rings is 2. The minimum absolute atomic E-state index is 0.135. The van der Waals surface area contributed by atoms with E-state index in [4.69, 9.17) is 9.47 Å². The number of carbonyl (C=O) groups is 4. The number of rotatable bonds is 10. The molecule has 2 aromatic carbocycles. The first kappa shape index (κ1) is 31.3. The molecule has 1 amide bonds. The molecule has 4 rings (SSSR count). The van der Waals surface area contributed by atoms with Crippen LogP contribution in [0.25, 0.3) is 10.8 Å². The number of ketones is 1. The summed E-state index contributed by atoms with van der Waals surface area (Å²) in [6.45, 7) is 14.8. The number of fused-ring (bicyclic) bond motifs is 1. The van der Waals surface area contributed by atoms with Crippen LogP contribution < -0.4 is 4.74 Å². The van der Waals surface area contributed by atoms with Gasteiger partial charge >= 0.3 is 11.9 Å². The van der Waals surface area contributed by atoms with E-state index in [1.54, 1.807) is 26.8 Å². The second-order valence-corrected chi connectivity index (χ2v) is 13.8.